The van der Waals surface area contributed by atoms with Crippen LogP contribution in [-0.2, 0) is 0 Å². The number of anilines is 1. The first-order valence-electron chi connectivity index (χ1n) is 5.89. The molecule has 0 aromatic heterocycles. The Morgan fingerprint density at radius 3 is 2.41 bits per heavy atom. The minimum absolute atomic E-state index is 0.612. The van der Waals surface area contributed by atoms with E-state index >= 15 is 0 Å². The summed E-state index contributed by atoms with van der Waals surface area (Å²) >= 11 is 0. The highest BCUT2D eigenvalue weighted by Gasteiger charge is 2.16. The van der Waals surface area contributed by atoms with Gasteiger partial charge in [-0.05, 0) is 25.3 Å². The number of fused-ring (bicyclic) bond motifs is 1. The van der Waals surface area contributed by atoms with E-state index in [-0.39, 0.29) is 0 Å². The third-order valence-corrected chi connectivity index (χ3v) is 2.80. The SMILES string of the molecule is CN(CC(C)(C)O)c1cccc2ccccc12. The summed E-state index contributed by atoms with van der Waals surface area (Å²) in [5.41, 5.74) is 0.469. The highest BCUT2D eigenvalue weighted by atomic mass is 16.3. The van der Waals surface area contributed by atoms with Crippen molar-refractivity contribution >= 4 is 16.5 Å². The molecule has 2 nitrogen and oxygen atoms in total. The normalized spacial score (nSPS) is 11.8. The standard InChI is InChI=1S/C15H19NO/c1-15(2,17)11-16(3)14-10-6-8-12-7-4-5-9-13(12)14/h4-10,17H,11H2,1-3H3. The summed E-state index contributed by atoms with van der Waals surface area (Å²) < 4.78 is 0. The molecule has 2 aromatic carbocycles. The van der Waals surface area contributed by atoms with Gasteiger partial charge in [0.2, 0.25) is 0 Å². The maximum Gasteiger partial charge on any atom is 0.0765 e. The van der Waals surface area contributed by atoms with E-state index in [1.54, 1.807) is 0 Å². The fourth-order valence-electron chi connectivity index (χ4n) is 2.21. The van der Waals surface area contributed by atoms with Crippen molar-refractivity contribution < 1.29 is 5.11 Å². The first kappa shape index (κ1) is 11.9. The zero-order valence-corrected chi connectivity index (χ0v) is 10.6. The molecule has 0 atom stereocenters. The molecule has 0 spiro atoms. The Morgan fingerprint density at radius 2 is 1.71 bits per heavy atom. The van der Waals surface area contributed by atoms with Gasteiger partial charge in [0, 0.05) is 24.7 Å². The highest BCUT2D eigenvalue weighted by molar-refractivity contribution is 5.94. The predicted octanol–water partition coefficient (Wildman–Crippen LogP) is 3.05. The van der Waals surface area contributed by atoms with Gasteiger partial charge in [-0.15, -0.1) is 0 Å². The maximum absolute atomic E-state index is 9.88. The van der Waals surface area contributed by atoms with Crippen LogP contribution >= 0.6 is 0 Å². The van der Waals surface area contributed by atoms with Crippen LogP contribution in [0.25, 0.3) is 10.8 Å². The third-order valence-electron chi connectivity index (χ3n) is 2.80. The van der Waals surface area contributed by atoms with Crippen LogP contribution in [0.4, 0.5) is 5.69 Å². The van der Waals surface area contributed by atoms with Crippen LogP contribution < -0.4 is 4.90 Å². The van der Waals surface area contributed by atoms with E-state index < -0.39 is 5.60 Å². The van der Waals surface area contributed by atoms with Crippen LogP contribution in [0.2, 0.25) is 0 Å². The minimum Gasteiger partial charge on any atom is -0.389 e. The van der Waals surface area contributed by atoms with E-state index in [0.29, 0.717) is 6.54 Å². The monoisotopic (exact) mass is 229 g/mol. The Bertz CT molecular complexity index is 508. The van der Waals surface area contributed by atoms with Crippen LogP contribution in [0, 0.1) is 0 Å². The number of hydrogen-bond donors (Lipinski definition) is 1. The Hall–Kier alpha value is -1.54. The molecule has 2 aromatic rings. The molecule has 1 N–H and O–H groups in total. The Morgan fingerprint density at radius 1 is 1.06 bits per heavy atom. The van der Waals surface area contributed by atoms with Gasteiger partial charge in [0.05, 0.1) is 5.60 Å². The molecule has 0 aliphatic heterocycles. The number of rotatable bonds is 3. The summed E-state index contributed by atoms with van der Waals surface area (Å²) in [6, 6.07) is 14.6. The van der Waals surface area contributed by atoms with Crippen LogP contribution in [0.3, 0.4) is 0 Å². The molecule has 0 aliphatic rings. The van der Waals surface area contributed by atoms with Crippen molar-refractivity contribution in [2.45, 2.75) is 19.4 Å². The molecule has 17 heavy (non-hydrogen) atoms. The molecule has 0 fully saturated rings. The average Bonchev–Trinajstić information content (AvgIpc) is 2.26. The molecule has 0 aliphatic carbocycles. The van der Waals surface area contributed by atoms with Crippen LogP contribution in [0.15, 0.2) is 42.5 Å². The smallest absolute Gasteiger partial charge is 0.0765 e. The van der Waals surface area contributed by atoms with Crippen molar-refractivity contribution in [3.05, 3.63) is 42.5 Å². The molecule has 0 saturated carbocycles. The second-order valence-corrected chi connectivity index (χ2v) is 5.17. The van der Waals surface area contributed by atoms with Gasteiger partial charge in [-0.1, -0.05) is 36.4 Å². The van der Waals surface area contributed by atoms with Crippen molar-refractivity contribution in [3.63, 3.8) is 0 Å². The number of hydrogen-bond acceptors (Lipinski definition) is 2. The molecule has 0 radical (unpaired) electrons. The Kier molecular flexibility index (Phi) is 3.07. The van der Waals surface area contributed by atoms with Crippen molar-refractivity contribution in [3.8, 4) is 0 Å². The van der Waals surface area contributed by atoms with Gasteiger partial charge >= 0.3 is 0 Å². The largest absolute Gasteiger partial charge is 0.389 e. The molecular weight excluding hydrogens is 210 g/mol. The number of aliphatic hydroxyl groups is 1. The van der Waals surface area contributed by atoms with Gasteiger partial charge < -0.3 is 10.0 Å². The molecule has 0 unspecified atom stereocenters. The first-order valence-corrected chi connectivity index (χ1v) is 5.89. The summed E-state index contributed by atoms with van der Waals surface area (Å²) in [5.74, 6) is 0. The summed E-state index contributed by atoms with van der Waals surface area (Å²) in [4.78, 5) is 2.10. The van der Waals surface area contributed by atoms with Gasteiger partial charge in [0.15, 0.2) is 0 Å². The van der Waals surface area contributed by atoms with Crippen LogP contribution in [0.5, 0.6) is 0 Å². The zero-order chi connectivity index (χ0) is 12.5. The van der Waals surface area contributed by atoms with E-state index in [9.17, 15) is 5.11 Å². The van der Waals surface area contributed by atoms with E-state index in [1.165, 1.54) is 10.8 Å². The van der Waals surface area contributed by atoms with E-state index in [4.69, 9.17) is 0 Å². The van der Waals surface area contributed by atoms with E-state index in [2.05, 4.69) is 35.2 Å². The van der Waals surface area contributed by atoms with E-state index in [0.717, 1.165) is 5.69 Å². The van der Waals surface area contributed by atoms with E-state index in [1.807, 2.05) is 33.0 Å². The van der Waals surface area contributed by atoms with Gasteiger partial charge in [-0.2, -0.15) is 0 Å². The average molecular weight is 229 g/mol. The van der Waals surface area contributed by atoms with Gasteiger partial charge in [-0.3, -0.25) is 0 Å². The maximum atomic E-state index is 9.88. The summed E-state index contributed by atoms with van der Waals surface area (Å²) in [6.45, 7) is 4.27. The fraction of sp³-hybridized carbons (Fsp3) is 0.333. The second kappa shape index (κ2) is 4.38. The topological polar surface area (TPSA) is 23.5 Å². The molecule has 0 saturated heterocycles. The Balaban J connectivity index is 2.41. The molecule has 0 amide bonds. The van der Waals surface area contributed by atoms with Crippen LogP contribution in [0.1, 0.15) is 13.8 Å². The zero-order valence-electron chi connectivity index (χ0n) is 10.6. The third kappa shape index (κ3) is 2.77. The molecular formula is C15H19NO. The minimum atomic E-state index is -0.689. The second-order valence-electron chi connectivity index (χ2n) is 5.17. The van der Waals surface area contributed by atoms with Crippen molar-refractivity contribution in [1.82, 2.24) is 0 Å². The predicted molar refractivity (Wildman–Crippen MR) is 73.5 cm³/mol. The molecule has 0 heterocycles. The van der Waals surface area contributed by atoms with Crippen molar-refractivity contribution in [2.24, 2.45) is 0 Å². The van der Waals surface area contributed by atoms with Crippen molar-refractivity contribution in [2.75, 3.05) is 18.5 Å². The van der Waals surface area contributed by atoms with Gasteiger partial charge in [0.25, 0.3) is 0 Å². The summed E-state index contributed by atoms with van der Waals surface area (Å²) in [6.07, 6.45) is 0. The fourth-order valence-corrected chi connectivity index (χ4v) is 2.21. The first-order chi connectivity index (χ1) is 7.97. The highest BCUT2D eigenvalue weighted by Crippen LogP contribution is 2.26. The number of nitrogens with zero attached hydrogens (tertiary/aromatic N) is 1. The lowest BCUT2D eigenvalue weighted by atomic mass is 10.1. The van der Waals surface area contributed by atoms with Crippen LogP contribution in [-0.4, -0.2) is 24.3 Å². The van der Waals surface area contributed by atoms with Gasteiger partial charge in [-0.25, -0.2) is 0 Å². The number of likely N-dealkylation sites (N-methyl/N-ethyl adjacent to an activating group) is 1. The molecule has 0 bridgehead atoms. The molecule has 2 rings (SSSR count). The van der Waals surface area contributed by atoms with Gasteiger partial charge in [0.1, 0.15) is 0 Å². The lowest BCUT2D eigenvalue weighted by Crippen LogP contribution is -2.36. The lowest BCUT2D eigenvalue weighted by molar-refractivity contribution is 0.0887. The Labute approximate surface area is 102 Å². The lowest BCUT2D eigenvalue weighted by Gasteiger charge is -2.28. The molecule has 90 valence electrons. The van der Waals surface area contributed by atoms with Crippen molar-refractivity contribution in [1.29, 1.82) is 0 Å². The number of benzene rings is 2. The summed E-state index contributed by atoms with van der Waals surface area (Å²) in [5, 5.41) is 12.3. The quantitative estimate of drug-likeness (QED) is 0.874. The molecule has 2 heteroatoms. The summed E-state index contributed by atoms with van der Waals surface area (Å²) in [7, 11) is 2.01.